The van der Waals surface area contributed by atoms with Crippen LogP contribution in [0.1, 0.15) is 37.3 Å². The topological polar surface area (TPSA) is 107 Å². The molecule has 5 rings (SSSR count). The Balaban J connectivity index is 1.40. The monoisotopic (exact) mass is 417 g/mol. The molecule has 0 saturated heterocycles. The van der Waals surface area contributed by atoms with Crippen molar-refractivity contribution >= 4 is 22.9 Å². The van der Waals surface area contributed by atoms with Gasteiger partial charge in [0.05, 0.1) is 12.6 Å². The van der Waals surface area contributed by atoms with Crippen molar-refractivity contribution in [1.29, 1.82) is 0 Å². The lowest BCUT2D eigenvalue weighted by molar-refractivity contribution is 0.529. The second kappa shape index (κ2) is 8.77. The lowest BCUT2D eigenvalue weighted by Gasteiger charge is -2.14. The van der Waals surface area contributed by atoms with E-state index in [4.69, 9.17) is 15.1 Å². The number of hydrogen-bond donors (Lipinski definition) is 3. The number of anilines is 2. The Morgan fingerprint density at radius 3 is 2.65 bits per heavy atom. The van der Waals surface area contributed by atoms with Gasteiger partial charge in [-0.2, -0.15) is 9.97 Å². The number of nitrogens with zero attached hydrogens (tertiary/aromatic N) is 4. The van der Waals surface area contributed by atoms with E-state index in [0.29, 0.717) is 31.6 Å². The van der Waals surface area contributed by atoms with Crippen molar-refractivity contribution in [3.05, 3.63) is 54.6 Å². The van der Waals surface area contributed by atoms with Gasteiger partial charge in [0.2, 0.25) is 5.95 Å². The number of benzene rings is 1. The molecule has 1 saturated carbocycles. The lowest BCUT2D eigenvalue weighted by Crippen LogP contribution is -2.16. The molecule has 0 aliphatic heterocycles. The van der Waals surface area contributed by atoms with Gasteiger partial charge in [0.15, 0.2) is 17.0 Å². The molecule has 0 bridgehead atoms. The predicted octanol–water partition coefficient (Wildman–Crippen LogP) is 4.18. The van der Waals surface area contributed by atoms with E-state index >= 15 is 0 Å². The van der Waals surface area contributed by atoms with E-state index in [2.05, 4.69) is 49.4 Å². The molecular weight excluding hydrogens is 390 g/mol. The van der Waals surface area contributed by atoms with Crippen LogP contribution >= 0.6 is 0 Å². The Morgan fingerprint density at radius 2 is 1.90 bits per heavy atom. The normalized spacial score (nSPS) is 14.4. The quantitative estimate of drug-likeness (QED) is 0.395. The van der Waals surface area contributed by atoms with E-state index in [1.807, 2.05) is 18.5 Å². The summed E-state index contributed by atoms with van der Waals surface area (Å²) < 4.78 is 7.68. The summed E-state index contributed by atoms with van der Waals surface area (Å²) in [4.78, 5) is 14.1. The highest BCUT2D eigenvalue weighted by Crippen LogP contribution is 2.33. The molecule has 31 heavy (non-hydrogen) atoms. The first-order chi connectivity index (χ1) is 15.3. The summed E-state index contributed by atoms with van der Waals surface area (Å²) >= 11 is 0. The minimum atomic E-state index is 0.462. The zero-order valence-electron chi connectivity index (χ0n) is 17.4. The molecule has 1 aliphatic rings. The van der Waals surface area contributed by atoms with Gasteiger partial charge >= 0.3 is 0 Å². The van der Waals surface area contributed by atoms with Gasteiger partial charge < -0.3 is 25.4 Å². The smallest absolute Gasteiger partial charge is 0.226 e. The van der Waals surface area contributed by atoms with Crippen LogP contribution in [-0.4, -0.2) is 32.6 Å². The summed E-state index contributed by atoms with van der Waals surface area (Å²) in [5.74, 6) is 2.18. The Kier molecular flexibility index (Phi) is 5.54. The molecule has 1 fully saturated rings. The number of nitrogens with two attached hydrogens (primary N) is 1. The molecule has 4 aromatic rings. The Hall–Kier alpha value is -3.39. The maximum atomic E-state index is 5.66. The minimum absolute atomic E-state index is 0.462. The zero-order valence-corrected chi connectivity index (χ0v) is 17.4. The van der Waals surface area contributed by atoms with Crippen LogP contribution in [0.5, 0.6) is 0 Å². The zero-order chi connectivity index (χ0) is 21.0. The number of imidazole rings is 1. The summed E-state index contributed by atoms with van der Waals surface area (Å²) in [5, 5.41) is 6.67. The fraction of sp³-hybridized carbons (Fsp3) is 0.348. The summed E-state index contributed by atoms with van der Waals surface area (Å²) in [6.07, 6.45) is 8.45. The maximum absolute atomic E-state index is 5.66. The highest BCUT2D eigenvalue weighted by Gasteiger charge is 2.21. The maximum Gasteiger partial charge on any atom is 0.226 e. The molecule has 3 aromatic heterocycles. The first kappa shape index (κ1) is 19.6. The fourth-order valence-electron chi connectivity index (χ4n) is 4.17. The molecule has 3 heterocycles. The average molecular weight is 418 g/mol. The molecule has 8 heteroatoms. The second-order valence-corrected chi connectivity index (χ2v) is 7.90. The molecular formula is C23H27N7O. The molecule has 160 valence electrons. The molecule has 4 N–H and O–H groups in total. The van der Waals surface area contributed by atoms with Crippen molar-refractivity contribution < 1.29 is 4.42 Å². The number of furan rings is 1. The van der Waals surface area contributed by atoms with Crippen LogP contribution in [0.2, 0.25) is 0 Å². The fourth-order valence-corrected chi connectivity index (χ4v) is 4.17. The van der Waals surface area contributed by atoms with Crippen LogP contribution in [-0.2, 0) is 6.54 Å². The highest BCUT2D eigenvalue weighted by atomic mass is 16.3. The molecule has 8 nitrogen and oxygen atoms in total. The molecule has 1 aliphatic carbocycles. The largest absolute Gasteiger partial charge is 0.464 e. The summed E-state index contributed by atoms with van der Waals surface area (Å²) in [6.45, 7) is 1.78. The van der Waals surface area contributed by atoms with Crippen LogP contribution in [0.25, 0.3) is 22.5 Å². The van der Waals surface area contributed by atoms with Crippen LogP contribution in [0, 0.1) is 0 Å². The number of fused-ring (bicyclic) bond motifs is 1. The van der Waals surface area contributed by atoms with Gasteiger partial charge in [-0.25, -0.2) is 4.98 Å². The van der Waals surface area contributed by atoms with Crippen LogP contribution < -0.4 is 16.4 Å². The van der Waals surface area contributed by atoms with Crippen molar-refractivity contribution in [1.82, 2.24) is 19.5 Å². The van der Waals surface area contributed by atoms with E-state index in [1.54, 1.807) is 6.26 Å². The molecule has 0 spiro atoms. The van der Waals surface area contributed by atoms with Crippen molar-refractivity contribution in [3.8, 4) is 11.3 Å². The van der Waals surface area contributed by atoms with Crippen LogP contribution in [0.15, 0.2) is 53.4 Å². The standard InChI is InChI=1S/C23H27N7O/c24-11-12-25-23-28-21(20-22(29-23)30(15-27-20)18-4-1-2-5-18)26-14-16-7-9-17(10-8-16)19-6-3-13-31-19/h3,6-10,13,15,18H,1-2,4-5,11-12,14,24H2,(H2,25,26,28,29). The van der Waals surface area contributed by atoms with Gasteiger partial charge in [0.1, 0.15) is 5.76 Å². The van der Waals surface area contributed by atoms with Crippen molar-refractivity contribution in [2.45, 2.75) is 38.3 Å². The van der Waals surface area contributed by atoms with Crippen LogP contribution in [0.3, 0.4) is 0 Å². The summed E-state index contributed by atoms with van der Waals surface area (Å²) in [7, 11) is 0. The van der Waals surface area contributed by atoms with Gasteiger partial charge in [-0.15, -0.1) is 0 Å². The number of aromatic nitrogens is 4. The van der Waals surface area contributed by atoms with Crippen molar-refractivity contribution in [3.63, 3.8) is 0 Å². The first-order valence-corrected chi connectivity index (χ1v) is 10.9. The van der Waals surface area contributed by atoms with E-state index in [-0.39, 0.29) is 0 Å². The predicted molar refractivity (Wildman–Crippen MR) is 122 cm³/mol. The van der Waals surface area contributed by atoms with Crippen LogP contribution in [0.4, 0.5) is 11.8 Å². The van der Waals surface area contributed by atoms with E-state index in [0.717, 1.165) is 33.9 Å². The minimum Gasteiger partial charge on any atom is -0.464 e. The Morgan fingerprint density at radius 1 is 1.06 bits per heavy atom. The molecule has 0 amide bonds. The SMILES string of the molecule is NCCNc1nc(NCc2ccc(-c3ccco3)cc2)c2ncn(C3CCCC3)c2n1. The summed E-state index contributed by atoms with van der Waals surface area (Å²) in [6, 6.07) is 12.6. The molecule has 0 atom stereocenters. The van der Waals surface area contributed by atoms with Gasteiger partial charge in [-0.3, -0.25) is 0 Å². The van der Waals surface area contributed by atoms with Crippen molar-refractivity contribution in [2.75, 3.05) is 23.7 Å². The van der Waals surface area contributed by atoms with Crippen molar-refractivity contribution in [2.24, 2.45) is 5.73 Å². The Bertz CT molecular complexity index is 1130. The third-order valence-corrected chi connectivity index (χ3v) is 5.79. The lowest BCUT2D eigenvalue weighted by atomic mass is 10.1. The van der Waals surface area contributed by atoms with E-state index in [1.165, 1.54) is 25.7 Å². The van der Waals surface area contributed by atoms with E-state index in [9.17, 15) is 0 Å². The highest BCUT2D eigenvalue weighted by molar-refractivity contribution is 5.84. The first-order valence-electron chi connectivity index (χ1n) is 10.9. The number of rotatable bonds is 8. The van der Waals surface area contributed by atoms with Gasteiger partial charge in [0.25, 0.3) is 0 Å². The van der Waals surface area contributed by atoms with E-state index < -0.39 is 0 Å². The molecule has 0 unspecified atom stereocenters. The van der Waals surface area contributed by atoms with Gasteiger partial charge in [-0.1, -0.05) is 37.1 Å². The van der Waals surface area contributed by atoms with Gasteiger partial charge in [0, 0.05) is 31.2 Å². The third-order valence-electron chi connectivity index (χ3n) is 5.79. The molecule has 0 radical (unpaired) electrons. The number of hydrogen-bond acceptors (Lipinski definition) is 7. The average Bonchev–Trinajstić information content (AvgIpc) is 3.57. The second-order valence-electron chi connectivity index (χ2n) is 7.90. The number of nitrogens with one attached hydrogen (secondary N) is 2. The van der Waals surface area contributed by atoms with Gasteiger partial charge in [-0.05, 0) is 30.5 Å². The third kappa shape index (κ3) is 4.11. The Labute approximate surface area is 180 Å². The molecule has 1 aromatic carbocycles. The summed E-state index contributed by atoms with van der Waals surface area (Å²) in [5.41, 5.74) is 9.54.